The summed E-state index contributed by atoms with van der Waals surface area (Å²) in [6.45, 7) is 2.10. The van der Waals surface area contributed by atoms with Gasteiger partial charge in [-0.05, 0) is 36.8 Å². The van der Waals surface area contributed by atoms with Crippen molar-refractivity contribution in [1.29, 1.82) is 0 Å². The largest absolute Gasteiger partial charge is 0.454 e. The first-order chi connectivity index (χ1) is 12.9. The van der Waals surface area contributed by atoms with Crippen LogP contribution in [0.3, 0.4) is 0 Å². The van der Waals surface area contributed by atoms with Crippen LogP contribution in [-0.4, -0.2) is 33.0 Å². The summed E-state index contributed by atoms with van der Waals surface area (Å²) in [4.78, 5) is 16.8. The van der Waals surface area contributed by atoms with Crippen molar-refractivity contribution in [2.75, 3.05) is 6.79 Å². The van der Waals surface area contributed by atoms with E-state index in [0.717, 1.165) is 5.56 Å². The first-order valence-corrected chi connectivity index (χ1v) is 9.78. The van der Waals surface area contributed by atoms with Crippen LogP contribution in [0.5, 0.6) is 11.5 Å². The SMILES string of the molecule is C[C@H](N=C1NS(=O)(=O)c2ccccc21)C(=O)NCc1ccc2c(c1)OCO2. The predicted octanol–water partition coefficient (Wildman–Crippen LogP) is 1.16. The number of carbonyl (C=O) groups is 1. The van der Waals surface area contributed by atoms with Gasteiger partial charge in [-0.1, -0.05) is 18.2 Å². The van der Waals surface area contributed by atoms with Crippen LogP contribution in [0, 0.1) is 0 Å². The van der Waals surface area contributed by atoms with Gasteiger partial charge >= 0.3 is 0 Å². The smallest absolute Gasteiger partial charge is 0.263 e. The Morgan fingerprint density at radius 3 is 2.85 bits per heavy atom. The van der Waals surface area contributed by atoms with Crippen molar-refractivity contribution in [3.05, 3.63) is 53.6 Å². The third kappa shape index (κ3) is 3.33. The molecule has 0 bridgehead atoms. The molecule has 0 saturated carbocycles. The zero-order valence-corrected chi connectivity index (χ0v) is 15.2. The number of benzene rings is 2. The average molecular weight is 387 g/mol. The number of sulfonamides is 1. The molecule has 27 heavy (non-hydrogen) atoms. The van der Waals surface area contributed by atoms with Gasteiger partial charge in [0.2, 0.25) is 12.7 Å². The number of aliphatic imine (C=N–C) groups is 1. The molecule has 2 heterocycles. The Kier molecular flexibility index (Phi) is 4.23. The molecule has 8 nitrogen and oxygen atoms in total. The molecule has 0 unspecified atom stereocenters. The number of fused-ring (bicyclic) bond motifs is 2. The summed E-state index contributed by atoms with van der Waals surface area (Å²) in [5.74, 6) is 1.18. The highest BCUT2D eigenvalue weighted by atomic mass is 32.2. The molecular formula is C18H17N3O5S. The highest BCUT2D eigenvalue weighted by Gasteiger charge is 2.31. The first-order valence-electron chi connectivity index (χ1n) is 8.30. The summed E-state index contributed by atoms with van der Waals surface area (Å²) < 4.78 is 37.2. The number of hydrogen-bond acceptors (Lipinski definition) is 6. The second-order valence-corrected chi connectivity index (χ2v) is 7.81. The molecule has 2 aromatic carbocycles. The lowest BCUT2D eigenvalue weighted by Crippen LogP contribution is -2.33. The molecular weight excluding hydrogens is 370 g/mol. The van der Waals surface area contributed by atoms with Gasteiger partial charge in [0.1, 0.15) is 11.9 Å². The van der Waals surface area contributed by atoms with E-state index in [2.05, 4.69) is 15.0 Å². The van der Waals surface area contributed by atoms with E-state index in [0.29, 0.717) is 23.6 Å². The van der Waals surface area contributed by atoms with E-state index in [9.17, 15) is 13.2 Å². The van der Waals surface area contributed by atoms with Crippen LogP contribution in [0.1, 0.15) is 18.1 Å². The van der Waals surface area contributed by atoms with Gasteiger partial charge in [0.15, 0.2) is 11.5 Å². The number of amidine groups is 1. The maximum atomic E-state index is 12.4. The second kappa shape index (κ2) is 6.58. The Morgan fingerprint density at radius 1 is 1.22 bits per heavy atom. The number of nitrogens with zero attached hydrogens (tertiary/aromatic N) is 1. The van der Waals surface area contributed by atoms with Crippen LogP contribution in [0.2, 0.25) is 0 Å². The fraction of sp³-hybridized carbons (Fsp3) is 0.222. The molecule has 2 aliphatic heterocycles. The van der Waals surface area contributed by atoms with Crippen LogP contribution in [-0.2, 0) is 21.4 Å². The van der Waals surface area contributed by atoms with E-state index in [1.165, 1.54) is 6.07 Å². The Hall–Kier alpha value is -3.07. The van der Waals surface area contributed by atoms with Gasteiger partial charge in [0.05, 0.1) is 4.90 Å². The minimum atomic E-state index is -3.63. The standard InChI is InChI=1S/C18H17N3O5S/c1-11(20-17-13-4-2-3-5-16(13)27(23,24)21-17)18(22)19-9-12-6-7-14-15(8-12)26-10-25-14/h2-8,11H,9-10H2,1H3,(H,19,22)(H,20,21)/t11-/m0/s1. The minimum absolute atomic E-state index is 0.164. The summed E-state index contributed by atoms with van der Waals surface area (Å²) in [5, 5.41) is 2.79. The van der Waals surface area contributed by atoms with Crippen molar-refractivity contribution < 1.29 is 22.7 Å². The molecule has 0 radical (unpaired) electrons. The Labute approximate surface area is 156 Å². The molecule has 0 fully saturated rings. The van der Waals surface area contributed by atoms with Crippen molar-refractivity contribution in [2.45, 2.75) is 24.4 Å². The number of carbonyl (C=O) groups excluding carboxylic acids is 1. The van der Waals surface area contributed by atoms with E-state index < -0.39 is 16.1 Å². The quantitative estimate of drug-likeness (QED) is 0.819. The zero-order valence-electron chi connectivity index (χ0n) is 14.4. The summed E-state index contributed by atoms with van der Waals surface area (Å²) in [6.07, 6.45) is 0. The summed E-state index contributed by atoms with van der Waals surface area (Å²) in [7, 11) is -3.63. The minimum Gasteiger partial charge on any atom is -0.454 e. The van der Waals surface area contributed by atoms with Crippen LogP contribution in [0.15, 0.2) is 52.4 Å². The monoisotopic (exact) mass is 387 g/mol. The van der Waals surface area contributed by atoms with Crippen LogP contribution < -0.4 is 19.5 Å². The van der Waals surface area contributed by atoms with Gasteiger partial charge in [-0.2, -0.15) is 0 Å². The molecule has 9 heteroatoms. The van der Waals surface area contributed by atoms with E-state index >= 15 is 0 Å². The number of nitrogens with one attached hydrogen (secondary N) is 2. The van der Waals surface area contributed by atoms with E-state index in [1.54, 1.807) is 37.3 Å². The van der Waals surface area contributed by atoms with Gasteiger partial charge in [-0.15, -0.1) is 0 Å². The van der Waals surface area contributed by atoms with Gasteiger partial charge in [-0.3, -0.25) is 14.5 Å². The Bertz CT molecular complexity index is 1050. The van der Waals surface area contributed by atoms with Crippen LogP contribution in [0.25, 0.3) is 0 Å². The lowest BCUT2D eigenvalue weighted by atomic mass is 10.2. The number of rotatable bonds is 4. The number of amides is 1. The summed E-state index contributed by atoms with van der Waals surface area (Å²) >= 11 is 0. The zero-order chi connectivity index (χ0) is 19.0. The maximum absolute atomic E-state index is 12.4. The van der Waals surface area contributed by atoms with Crippen LogP contribution in [0.4, 0.5) is 0 Å². The Morgan fingerprint density at radius 2 is 2.00 bits per heavy atom. The second-order valence-electron chi connectivity index (χ2n) is 6.16. The molecule has 0 aliphatic carbocycles. The third-order valence-electron chi connectivity index (χ3n) is 4.27. The number of hydrogen-bond donors (Lipinski definition) is 2. The fourth-order valence-corrected chi connectivity index (χ4v) is 4.11. The lowest BCUT2D eigenvalue weighted by molar-refractivity contribution is -0.122. The molecule has 2 aliphatic rings. The van der Waals surface area contributed by atoms with E-state index in [1.807, 2.05) is 6.07 Å². The van der Waals surface area contributed by atoms with E-state index in [4.69, 9.17) is 9.47 Å². The molecule has 1 amide bonds. The van der Waals surface area contributed by atoms with Gasteiger partial charge in [0.25, 0.3) is 10.0 Å². The molecule has 0 spiro atoms. The van der Waals surface area contributed by atoms with Crippen LogP contribution >= 0.6 is 0 Å². The molecule has 0 aromatic heterocycles. The summed E-state index contributed by atoms with van der Waals surface area (Å²) in [5.41, 5.74) is 1.33. The highest BCUT2D eigenvalue weighted by molar-refractivity contribution is 7.90. The van der Waals surface area contributed by atoms with Gasteiger partial charge in [-0.25, -0.2) is 8.42 Å². The molecule has 140 valence electrons. The molecule has 0 saturated heterocycles. The van der Waals surface area contributed by atoms with Crippen molar-refractivity contribution in [1.82, 2.24) is 10.0 Å². The average Bonchev–Trinajstić information content (AvgIpc) is 3.22. The molecule has 4 rings (SSSR count). The fourth-order valence-electron chi connectivity index (χ4n) is 2.87. The lowest BCUT2D eigenvalue weighted by Gasteiger charge is -2.10. The molecule has 2 N–H and O–H groups in total. The molecule has 1 atom stereocenters. The Balaban J connectivity index is 1.45. The van der Waals surface area contributed by atoms with Gasteiger partial charge in [0, 0.05) is 12.1 Å². The van der Waals surface area contributed by atoms with Gasteiger partial charge < -0.3 is 14.8 Å². The predicted molar refractivity (Wildman–Crippen MR) is 97.2 cm³/mol. The normalized spacial score (nSPS) is 18.6. The van der Waals surface area contributed by atoms with Crippen molar-refractivity contribution >= 4 is 21.8 Å². The van der Waals surface area contributed by atoms with E-state index in [-0.39, 0.29) is 23.4 Å². The first kappa shape index (κ1) is 17.3. The topological polar surface area (TPSA) is 106 Å². The molecule has 2 aromatic rings. The van der Waals surface area contributed by atoms with Crippen molar-refractivity contribution in [2.24, 2.45) is 4.99 Å². The number of ether oxygens (including phenoxy) is 2. The summed E-state index contributed by atoms with van der Waals surface area (Å²) in [6, 6.07) is 11.2. The maximum Gasteiger partial charge on any atom is 0.263 e. The van der Waals surface area contributed by atoms with Crippen molar-refractivity contribution in [3.63, 3.8) is 0 Å². The third-order valence-corrected chi connectivity index (χ3v) is 5.67. The van der Waals surface area contributed by atoms with Crippen molar-refractivity contribution in [3.8, 4) is 11.5 Å². The highest BCUT2D eigenvalue weighted by Crippen LogP contribution is 2.32.